The molecule has 1 fully saturated rings. The molecule has 1 aromatic heterocycles. The van der Waals surface area contributed by atoms with Crippen LogP contribution in [0.1, 0.15) is 43.6 Å². The first-order valence-electron chi connectivity index (χ1n) is 8.27. The van der Waals surface area contributed by atoms with Crippen molar-refractivity contribution in [2.45, 2.75) is 52.2 Å². The molecule has 0 saturated carbocycles. The molecular weight excluding hydrogens is 276 g/mol. The van der Waals surface area contributed by atoms with Gasteiger partial charge in [0.25, 0.3) is 0 Å². The van der Waals surface area contributed by atoms with Gasteiger partial charge in [-0.05, 0) is 49.4 Å². The van der Waals surface area contributed by atoms with Gasteiger partial charge in [0.2, 0.25) is 0 Å². The quantitative estimate of drug-likeness (QED) is 0.851. The Labute approximate surface area is 132 Å². The molecule has 2 nitrogen and oxygen atoms in total. The minimum Gasteiger partial charge on any atom is -0.312 e. The summed E-state index contributed by atoms with van der Waals surface area (Å²) in [5, 5.41) is 4.98. The molecule has 1 N–H and O–H groups in total. The van der Waals surface area contributed by atoms with Crippen molar-refractivity contribution >= 4 is 21.4 Å². The van der Waals surface area contributed by atoms with Crippen LogP contribution in [0, 0.1) is 0 Å². The minimum atomic E-state index is 0.788. The van der Waals surface area contributed by atoms with Crippen LogP contribution in [0.2, 0.25) is 0 Å². The second-order valence-corrected chi connectivity index (χ2v) is 7.09. The zero-order chi connectivity index (χ0) is 14.7. The molecule has 3 rings (SSSR count). The lowest BCUT2D eigenvalue weighted by Gasteiger charge is -2.23. The number of thiophene rings is 1. The van der Waals surface area contributed by atoms with Gasteiger partial charge in [-0.3, -0.25) is 4.90 Å². The Bertz CT molecular complexity index is 590. The summed E-state index contributed by atoms with van der Waals surface area (Å²) in [6, 6.07) is 9.69. The second kappa shape index (κ2) is 6.91. The average Bonchev–Trinajstić information content (AvgIpc) is 3.10. The van der Waals surface area contributed by atoms with E-state index in [1.807, 2.05) is 11.3 Å². The van der Waals surface area contributed by atoms with E-state index in [1.165, 1.54) is 40.8 Å². The van der Waals surface area contributed by atoms with Crippen molar-refractivity contribution < 1.29 is 0 Å². The lowest BCUT2D eigenvalue weighted by atomic mass is 10.1. The van der Waals surface area contributed by atoms with Crippen LogP contribution in [0.5, 0.6) is 0 Å². The Kier molecular flexibility index (Phi) is 4.94. The first-order chi connectivity index (χ1) is 10.3. The molecule has 0 aliphatic carbocycles. The fraction of sp³-hybridized carbons (Fsp3) is 0.556. The van der Waals surface area contributed by atoms with Crippen LogP contribution < -0.4 is 5.32 Å². The minimum absolute atomic E-state index is 0.788. The standard InChI is InChI=1S/C18H26N2S/c1-3-14-8-7-11-20(14)13-16-15-9-5-6-10-17(15)21-18(16)12-19-4-2/h5-6,9-10,14,19H,3-4,7-8,11-13H2,1-2H3. The Morgan fingerprint density at radius 3 is 2.95 bits per heavy atom. The normalized spacial score (nSPS) is 19.6. The van der Waals surface area contributed by atoms with Gasteiger partial charge in [-0.25, -0.2) is 0 Å². The number of fused-ring (bicyclic) bond motifs is 1. The Morgan fingerprint density at radius 2 is 2.14 bits per heavy atom. The first kappa shape index (κ1) is 15.0. The lowest BCUT2D eigenvalue weighted by molar-refractivity contribution is 0.240. The molecule has 2 heterocycles. The third-order valence-corrected chi connectivity index (χ3v) is 5.86. The Morgan fingerprint density at radius 1 is 1.29 bits per heavy atom. The zero-order valence-electron chi connectivity index (χ0n) is 13.2. The lowest BCUT2D eigenvalue weighted by Crippen LogP contribution is -2.28. The van der Waals surface area contributed by atoms with E-state index in [9.17, 15) is 0 Å². The number of hydrogen-bond acceptors (Lipinski definition) is 3. The second-order valence-electron chi connectivity index (χ2n) is 5.96. The SMILES string of the molecule is CCNCc1sc2ccccc2c1CN1CCCC1CC. The van der Waals surface area contributed by atoms with E-state index in [4.69, 9.17) is 0 Å². The van der Waals surface area contributed by atoms with Crippen molar-refractivity contribution in [3.8, 4) is 0 Å². The van der Waals surface area contributed by atoms with Crippen LogP contribution in [0.3, 0.4) is 0 Å². The highest BCUT2D eigenvalue weighted by Gasteiger charge is 2.24. The summed E-state index contributed by atoms with van der Waals surface area (Å²) in [6.07, 6.45) is 4.02. The number of benzene rings is 1. The Hall–Kier alpha value is -0.900. The predicted octanol–water partition coefficient (Wildman–Crippen LogP) is 4.39. The monoisotopic (exact) mass is 302 g/mol. The van der Waals surface area contributed by atoms with Gasteiger partial charge in [-0.1, -0.05) is 32.0 Å². The highest BCUT2D eigenvalue weighted by atomic mass is 32.1. The molecule has 21 heavy (non-hydrogen) atoms. The summed E-state index contributed by atoms with van der Waals surface area (Å²) >= 11 is 1.97. The molecule has 0 spiro atoms. The highest BCUT2D eigenvalue weighted by molar-refractivity contribution is 7.19. The molecule has 1 aliphatic heterocycles. The van der Waals surface area contributed by atoms with Crippen LogP contribution in [0.4, 0.5) is 0 Å². The smallest absolute Gasteiger partial charge is 0.0349 e. The maximum absolute atomic E-state index is 3.51. The maximum Gasteiger partial charge on any atom is 0.0349 e. The molecule has 114 valence electrons. The largest absolute Gasteiger partial charge is 0.312 e. The van der Waals surface area contributed by atoms with Crippen molar-refractivity contribution in [1.82, 2.24) is 10.2 Å². The van der Waals surface area contributed by atoms with Crippen molar-refractivity contribution in [1.29, 1.82) is 0 Å². The van der Waals surface area contributed by atoms with Crippen molar-refractivity contribution in [2.75, 3.05) is 13.1 Å². The van der Waals surface area contributed by atoms with E-state index in [2.05, 4.69) is 48.3 Å². The van der Waals surface area contributed by atoms with Gasteiger partial charge in [-0.2, -0.15) is 0 Å². The van der Waals surface area contributed by atoms with Crippen LogP contribution in [0.15, 0.2) is 24.3 Å². The Balaban J connectivity index is 1.91. The van der Waals surface area contributed by atoms with E-state index in [1.54, 1.807) is 5.56 Å². The molecule has 1 aromatic carbocycles. The summed E-state index contributed by atoms with van der Waals surface area (Å²) in [5.74, 6) is 0. The number of nitrogens with zero attached hydrogens (tertiary/aromatic N) is 1. The number of rotatable bonds is 6. The molecule has 3 heteroatoms. The average molecular weight is 302 g/mol. The molecule has 1 saturated heterocycles. The van der Waals surface area contributed by atoms with Gasteiger partial charge < -0.3 is 5.32 Å². The van der Waals surface area contributed by atoms with Gasteiger partial charge in [0, 0.05) is 28.7 Å². The van der Waals surface area contributed by atoms with Gasteiger partial charge in [0.05, 0.1) is 0 Å². The number of nitrogens with one attached hydrogen (secondary N) is 1. The van der Waals surface area contributed by atoms with Crippen LogP contribution in [0.25, 0.3) is 10.1 Å². The molecule has 1 unspecified atom stereocenters. The van der Waals surface area contributed by atoms with Crippen molar-refractivity contribution in [3.63, 3.8) is 0 Å². The van der Waals surface area contributed by atoms with Crippen LogP contribution in [-0.2, 0) is 13.1 Å². The predicted molar refractivity (Wildman–Crippen MR) is 92.9 cm³/mol. The van der Waals surface area contributed by atoms with Gasteiger partial charge in [-0.15, -0.1) is 11.3 Å². The molecule has 1 atom stereocenters. The third-order valence-electron chi connectivity index (χ3n) is 4.65. The van der Waals surface area contributed by atoms with E-state index in [0.29, 0.717) is 0 Å². The number of hydrogen-bond donors (Lipinski definition) is 1. The van der Waals surface area contributed by atoms with Gasteiger partial charge in [0.15, 0.2) is 0 Å². The molecule has 0 amide bonds. The summed E-state index contributed by atoms with van der Waals surface area (Å²) < 4.78 is 1.44. The molecule has 2 aromatic rings. The molecular formula is C18H26N2S. The molecule has 0 bridgehead atoms. The van der Waals surface area contributed by atoms with E-state index >= 15 is 0 Å². The van der Waals surface area contributed by atoms with E-state index in [-0.39, 0.29) is 0 Å². The summed E-state index contributed by atoms with van der Waals surface area (Å²) in [6.45, 7) is 8.95. The fourth-order valence-corrected chi connectivity index (χ4v) is 4.66. The summed E-state index contributed by atoms with van der Waals surface area (Å²) in [5.41, 5.74) is 1.57. The van der Waals surface area contributed by atoms with E-state index in [0.717, 1.165) is 25.7 Å². The van der Waals surface area contributed by atoms with Crippen LogP contribution >= 0.6 is 11.3 Å². The van der Waals surface area contributed by atoms with Crippen molar-refractivity contribution in [2.24, 2.45) is 0 Å². The van der Waals surface area contributed by atoms with Crippen molar-refractivity contribution in [3.05, 3.63) is 34.7 Å². The third kappa shape index (κ3) is 3.15. The highest BCUT2D eigenvalue weighted by Crippen LogP contribution is 2.34. The topological polar surface area (TPSA) is 15.3 Å². The van der Waals surface area contributed by atoms with Gasteiger partial charge in [0.1, 0.15) is 0 Å². The zero-order valence-corrected chi connectivity index (χ0v) is 14.0. The van der Waals surface area contributed by atoms with Gasteiger partial charge >= 0.3 is 0 Å². The van der Waals surface area contributed by atoms with Crippen LogP contribution in [-0.4, -0.2) is 24.0 Å². The maximum atomic E-state index is 3.51. The summed E-state index contributed by atoms with van der Waals surface area (Å²) in [4.78, 5) is 4.23. The summed E-state index contributed by atoms with van der Waals surface area (Å²) in [7, 11) is 0. The molecule has 1 aliphatic rings. The first-order valence-corrected chi connectivity index (χ1v) is 9.09. The fourth-order valence-electron chi connectivity index (χ4n) is 3.47. The number of likely N-dealkylation sites (tertiary alicyclic amines) is 1. The molecule has 0 radical (unpaired) electrons. The van der Waals surface area contributed by atoms with E-state index < -0.39 is 0 Å².